The molecule has 5 nitrogen and oxygen atoms in total. The molecule has 0 radical (unpaired) electrons. The first-order chi connectivity index (χ1) is 12.8. The van der Waals surface area contributed by atoms with Gasteiger partial charge < -0.3 is 14.8 Å². The summed E-state index contributed by atoms with van der Waals surface area (Å²) in [5.41, 5.74) is 4.08. The highest BCUT2D eigenvalue weighted by Crippen LogP contribution is 2.18. The molecule has 2 heterocycles. The molecule has 1 aromatic heterocycles. The van der Waals surface area contributed by atoms with Crippen molar-refractivity contribution in [3.8, 4) is 0 Å². The fraction of sp³-hybridized carbons (Fsp3) is 0.429. The lowest BCUT2D eigenvalue weighted by atomic mass is 10.1. The second-order valence-corrected chi connectivity index (χ2v) is 8.02. The molecule has 1 fully saturated rings. The van der Waals surface area contributed by atoms with Crippen LogP contribution in [0.15, 0.2) is 24.3 Å². The molecule has 6 heteroatoms. The zero-order chi connectivity index (χ0) is 19.6. The second kappa shape index (κ2) is 8.38. The normalized spacial score (nSPS) is 19.9. The van der Waals surface area contributed by atoms with Gasteiger partial charge in [0.15, 0.2) is 5.78 Å². The molecule has 2 aromatic rings. The summed E-state index contributed by atoms with van der Waals surface area (Å²) in [6.07, 6.45) is 0. The standard InChI is InChI=1S/C21H26ClN3O2/c1-14-20(16(3)26)15(2)23-21(14)19(27)13-25-9-7-24(8-10-25)12-17-5-4-6-18(22)11-17/h4-6,11,23H,7-10,12-13H2,1-3H3/p+2. The third-order valence-electron chi connectivity index (χ3n) is 5.49. The molecule has 3 rings (SSSR count). The summed E-state index contributed by atoms with van der Waals surface area (Å²) in [5, 5.41) is 0.781. The third-order valence-corrected chi connectivity index (χ3v) is 5.72. The maximum atomic E-state index is 12.7. The number of aromatic amines is 1. The van der Waals surface area contributed by atoms with Crippen LogP contribution in [0.25, 0.3) is 0 Å². The molecule has 0 spiro atoms. The summed E-state index contributed by atoms with van der Waals surface area (Å²) < 4.78 is 0. The minimum Gasteiger partial charge on any atom is -0.355 e. The fourth-order valence-corrected chi connectivity index (χ4v) is 4.33. The van der Waals surface area contributed by atoms with Gasteiger partial charge in [0.05, 0.1) is 5.69 Å². The molecule has 0 atom stereocenters. The molecular formula is C21H28ClN3O2+2. The van der Waals surface area contributed by atoms with Crippen molar-refractivity contribution < 1.29 is 19.4 Å². The molecule has 1 saturated heterocycles. The Hall–Kier alpha value is -1.95. The summed E-state index contributed by atoms with van der Waals surface area (Å²) in [6, 6.07) is 8.04. The van der Waals surface area contributed by atoms with Gasteiger partial charge in [-0.25, -0.2) is 0 Å². The summed E-state index contributed by atoms with van der Waals surface area (Å²) in [6.45, 7) is 10.7. The van der Waals surface area contributed by atoms with Crippen molar-refractivity contribution in [3.63, 3.8) is 0 Å². The number of benzene rings is 1. The number of hydrogen-bond acceptors (Lipinski definition) is 2. The van der Waals surface area contributed by atoms with Gasteiger partial charge in [0.1, 0.15) is 39.3 Å². The van der Waals surface area contributed by atoms with Crippen LogP contribution in [0, 0.1) is 13.8 Å². The van der Waals surface area contributed by atoms with E-state index in [0.29, 0.717) is 17.8 Å². The van der Waals surface area contributed by atoms with E-state index >= 15 is 0 Å². The van der Waals surface area contributed by atoms with E-state index < -0.39 is 0 Å². The largest absolute Gasteiger partial charge is 0.355 e. The van der Waals surface area contributed by atoms with Gasteiger partial charge in [-0.3, -0.25) is 9.59 Å². The number of carbonyl (C=O) groups excluding carboxylic acids is 2. The molecule has 0 amide bonds. The van der Waals surface area contributed by atoms with Crippen LogP contribution in [0.3, 0.4) is 0 Å². The molecule has 27 heavy (non-hydrogen) atoms. The van der Waals surface area contributed by atoms with Gasteiger partial charge in [-0.05, 0) is 38.5 Å². The number of H-pyrrole nitrogens is 1. The number of piperazine rings is 1. The van der Waals surface area contributed by atoms with Gasteiger partial charge in [-0.15, -0.1) is 0 Å². The number of Topliss-reactive ketones (excluding diaryl/α,β-unsaturated/α-hetero) is 2. The monoisotopic (exact) mass is 389 g/mol. The number of rotatable bonds is 6. The number of carbonyl (C=O) groups is 2. The minimum absolute atomic E-state index is 0.00544. The Morgan fingerprint density at radius 1 is 1.11 bits per heavy atom. The maximum absolute atomic E-state index is 12.7. The predicted octanol–water partition coefficient (Wildman–Crippen LogP) is 0.654. The van der Waals surface area contributed by atoms with Crippen LogP contribution in [0.4, 0.5) is 0 Å². The van der Waals surface area contributed by atoms with Crippen molar-refractivity contribution >= 4 is 23.2 Å². The van der Waals surface area contributed by atoms with Gasteiger partial charge in [-0.2, -0.15) is 0 Å². The van der Waals surface area contributed by atoms with E-state index in [1.54, 1.807) is 6.92 Å². The van der Waals surface area contributed by atoms with Crippen LogP contribution in [-0.4, -0.2) is 49.3 Å². The van der Waals surface area contributed by atoms with Crippen molar-refractivity contribution in [2.75, 3.05) is 32.7 Å². The van der Waals surface area contributed by atoms with Crippen LogP contribution < -0.4 is 9.80 Å². The Morgan fingerprint density at radius 3 is 2.37 bits per heavy atom. The third kappa shape index (κ3) is 4.67. The first-order valence-electron chi connectivity index (χ1n) is 9.50. The first-order valence-corrected chi connectivity index (χ1v) is 9.87. The number of aryl methyl sites for hydroxylation is 1. The fourth-order valence-electron chi connectivity index (χ4n) is 4.12. The Kier molecular flexibility index (Phi) is 6.15. The molecule has 0 unspecified atom stereocenters. The average Bonchev–Trinajstić information content (AvgIpc) is 2.91. The highest BCUT2D eigenvalue weighted by Gasteiger charge is 2.27. The Morgan fingerprint density at radius 2 is 1.78 bits per heavy atom. The topological polar surface area (TPSA) is 58.8 Å². The van der Waals surface area contributed by atoms with Crippen LogP contribution >= 0.6 is 11.6 Å². The molecule has 0 saturated carbocycles. The zero-order valence-corrected chi connectivity index (χ0v) is 17.0. The Bertz CT molecular complexity index is 851. The van der Waals surface area contributed by atoms with Crippen molar-refractivity contribution in [1.82, 2.24) is 4.98 Å². The molecule has 1 aromatic carbocycles. The van der Waals surface area contributed by atoms with E-state index in [9.17, 15) is 9.59 Å². The highest BCUT2D eigenvalue weighted by molar-refractivity contribution is 6.30. The van der Waals surface area contributed by atoms with E-state index in [1.165, 1.54) is 15.4 Å². The van der Waals surface area contributed by atoms with Crippen LogP contribution in [0.2, 0.25) is 5.02 Å². The number of hydrogen-bond donors (Lipinski definition) is 3. The lowest BCUT2D eigenvalue weighted by Gasteiger charge is -2.29. The molecule has 144 valence electrons. The summed E-state index contributed by atoms with van der Waals surface area (Å²) >= 11 is 6.07. The lowest BCUT2D eigenvalue weighted by Crippen LogP contribution is -3.27. The molecule has 0 bridgehead atoms. The molecule has 0 aliphatic carbocycles. The van der Waals surface area contributed by atoms with E-state index in [0.717, 1.165) is 49.0 Å². The average molecular weight is 390 g/mol. The second-order valence-electron chi connectivity index (χ2n) is 7.59. The maximum Gasteiger partial charge on any atom is 0.233 e. The number of halogens is 1. The van der Waals surface area contributed by atoms with Crippen LogP contribution in [0.5, 0.6) is 0 Å². The van der Waals surface area contributed by atoms with E-state index in [4.69, 9.17) is 11.6 Å². The van der Waals surface area contributed by atoms with E-state index in [1.807, 2.05) is 32.0 Å². The number of ketones is 2. The smallest absolute Gasteiger partial charge is 0.233 e. The van der Waals surface area contributed by atoms with Gasteiger partial charge in [0, 0.05) is 21.8 Å². The zero-order valence-electron chi connectivity index (χ0n) is 16.2. The molecule has 3 N–H and O–H groups in total. The molecular weight excluding hydrogens is 362 g/mol. The van der Waals surface area contributed by atoms with Crippen molar-refractivity contribution in [3.05, 3.63) is 57.4 Å². The van der Waals surface area contributed by atoms with Crippen LogP contribution in [0.1, 0.15) is 44.6 Å². The highest BCUT2D eigenvalue weighted by atomic mass is 35.5. The summed E-state index contributed by atoms with van der Waals surface area (Å²) in [7, 11) is 0. The Balaban J connectivity index is 1.55. The van der Waals surface area contributed by atoms with Gasteiger partial charge in [0.25, 0.3) is 0 Å². The lowest BCUT2D eigenvalue weighted by molar-refractivity contribution is -1.01. The SMILES string of the molecule is CC(=O)c1c(C)[nH]c(C(=O)C[NH+]2CC[NH+](Cc3cccc(Cl)c3)CC2)c1C. The Labute approximate surface area is 165 Å². The number of nitrogens with one attached hydrogen (secondary N) is 3. The minimum atomic E-state index is 0.00544. The number of quaternary nitrogens is 2. The quantitative estimate of drug-likeness (QED) is 0.635. The molecule has 1 aliphatic rings. The number of aromatic nitrogens is 1. The first kappa shape index (κ1) is 19.8. The van der Waals surface area contributed by atoms with Crippen molar-refractivity contribution in [1.29, 1.82) is 0 Å². The van der Waals surface area contributed by atoms with E-state index in [-0.39, 0.29) is 11.6 Å². The van der Waals surface area contributed by atoms with Gasteiger partial charge in [-0.1, -0.05) is 23.7 Å². The molecule has 1 aliphatic heterocycles. The van der Waals surface area contributed by atoms with E-state index in [2.05, 4.69) is 11.1 Å². The summed E-state index contributed by atoms with van der Waals surface area (Å²) in [5.74, 6) is 0.0993. The van der Waals surface area contributed by atoms with Crippen molar-refractivity contribution in [2.24, 2.45) is 0 Å². The predicted molar refractivity (Wildman–Crippen MR) is 106 cm³/mol. The van der Waals surface area contributed by atoms with Crippen molar-refractivity contribution in [2.45, 2.75) is 27.3 Å². The van der Waals surface area contributed by atoms with Gasteiger partial charge in [0.2, 0.25) is 5.78 Å². The van der Waals surface area contributed by atoms with Crippen LogP contribution in [-0.2, 0) is 6.54 Å². The van der Waals surface area contributed by atoms with Gasteiger partial charge >= 0.3 is 0 Å². The summed E-state index contributed by atoms with van der Waals surface area (Å²) in [4.78, 5) is 30.5.